The molecule has 0 radical (unpaired) electrons. The lowest BCUT2D eigenvalue weighted by atomic mass is 10.0. The minimum Gasteiger partial charge on any atom is -0.330 e. The molecule has 1 amide bonds. The highest BCUT2D eigenvalue weighted by Gasteiger charge is 2.36. The van der Waals surface area contributed by atoms with Crippen LogP contribution in [-0.4, -0.2) is 18.5 Å². The number of para-hydroxylation sites is 1. The van der Waals surface area contributed by atoms with Crippen molar-refractivity contribution >= 4 is 11.6 Å². The molecule has 0 saturated heterocycles. The van der Waals surface area contributed by atoms with Crippen molar-refractivity contribution in [1.82, 2.24) is 0 Å². The first kappa shape index (κ1) is 12.7. The summed E-state index contributed by atoms with van der Waals surface area (Å²) in [4.78, 5) is 14.6. The highest BCUT2D eigenvalue weighted by molar-refractivity contribution is 5.95. The highest BCUT2D eigenvalue weighted by atomic mass is 16.2. The molecule has 2 unspecified atom stereocenters. The van der Waals surface area contributed by atoms with Gasteiger partial charge in [0.25, 0.3) is 0 Å². The average molecular weight is 258 g/mol. The third-order valence-electron chi connectivity index (χ3n) is 4.61. The highest BCUT2D eigenvalue weighted by Crippen LogP contribution is 2.36. The van der Waals surface area contributed by atoms with Crippen molar-refractivity contribution in [2.75, 3.05) is 11.4 Å². The zero-order valence-electron chi connectivity index (χ0n) is 11.3. The second-order valence-corrected chi connectivity index (χ2v) is 5.74. The maximum absolute atomic E-state index is 12.5. The van der Waals surface area contributed by atoms with E-state index in [2.05, 4.69) is 23.1 Å². The molecule has 1 aliphatic carbocycles. The molecule has 1 fully saturated rings. The van der Waals surface area contributed by atoms with E-state index in [4.69, 9.17) is 5.73 Å². The van der Waals surface area contributed by atoms with E-state index in [0.29, 0.717) is 24.9 Å². The van der Waals surface area contributed by atoms with Crippen LogP contribution in [0.15, 0.2) is 24.3 Å². The van der Waals surface area contributed by atoms with E-state index >= 15 is 0 Å². The number of carbonyl (C=O) groups is 1. The van der Waals surface area contributed by atoms with Gasteiger partial charge in [0.2, 0.25) is 5.91 Å². The van der Waals surface area contributed by atoms with Gasteiger partial charge < -0.3 is 10.6 Å². The Labute approximate surface area is 114 Å². The fourth-order valence-electron chi connectivity index (χ4n) is 3.64. The number of fused-ring (bicyclic) bond motifs is 1. The van der Waals surface area contributed by atoms with Gasteiger partial charge >= 0.3 is 0 Å². The monoisotopic (exact) mass is 258 g/mol. The van der Waals surface area contributed by atoms with E-state index in [1.54, 1.807) is 0 Å². The van der Waals surface area contributed by atoms with Crippen molar-refractivity contribution in [2.24, 2.45) is 11.7 Å². The standard InChI is InChI=1S/C16H22N2O/c17-11-13-7-3-9-15(13)18-14-8-2-1-5-12(14)6-4-10-16(18)19/h1-2,5,8,13,15H,3-4,6-7,9-11,17H2. The second kappa shape index (κ2) is 5.33. The third kappa shape index (κ3) is 2.27. The molecule has 1 saturated carbocycles. The van der Waals surface area contributed by atoms with Crippen LogP contribution in [0.1, 0.15) is 37.7 Å². The molecule has 3 heteroatoms. The number of anilines is 1. The first-order valence-corrected chi connectivity index (χ1v) is 7.41. The fraction of sp³-hybridized carbons (Fsp3) is 0.562. The lowest BCUT2D eigenvalue weighted by Crippen LogP contribution is -2.44. The number of amides is 1. The van der Waals surface area contributed by atoms with E-state index < -0.39 is 0 Å². The number of rotatable bonds is 2. The van der Waals surface area contributed by atoms with Gasteiger partial charge in [-0.2, -0.15) is 0 Å². The van der Waals surface area contributed by atoms with Crippen molar-refractivity contribution in [3.8, 4) is 0 Å². The van der Waals surface area contributed by atoms with Crippen LogP contribution in [0.5, 0.6) is 0 Å². The Bertz CT molecular complexity index is 472. The Balaban J connectivity index is 2.00. The molecule has 0 spiro atoms. The number of aryl methyl sites for hydroxylation is 1. The molecule has 1 aliphatic heterocycles. The van der Waals surface area contributed by atoms with E-state index in [0.717, 1.165) is 31.4 Å². The van der Waals surface area contributed by atoms with Crippen LogP contribution >= 0.6 is 0 Å². The molecule has 1 aromatic rings. The molecule has 0 bridgehead atoms. The maximum Gasteiger partial charge on any atom is 0.227 e. The van der Waals surface area contributed by atoms with Gasteiger partial charge in [0.1, 0.15) is 0 Å². The van der Waals surface area contributed by atoms with Crippen LogP contribution in [0.2, 0.25) is 0 Å². The number of hydrogen-bond acceptors (Lipinski definition) is 2. The van der Waals surface area contributed by atoms with E-state index in [1.165, 1.54) is 12.0 Å². The van der Waals surface area contributed by atoms with Gasteiger partial charge in [0, 0.05) is 18.2 Å². The smallest absolute Gasteiger partial charge is 0.227 e. The second-order valence-electron chi connectivity index (χ2n) is 5.74. The number of nitrogens with zero attached hydrogens (tertiary/aromatic N) is 1. The van der Waals surface area contributed by atoms with Crippen molar-refractivity contribution < 1.29 is 4.79 Å². The molecule has 3 rings (SSSR count). The maximum atomic E-state index is 12.5. The Morgan fingerprint density at radius 1 is 1.16 bits per heavy atom. The van der Waals surface area contributed by atoms with Gasteiger partial charge in [-0.15, -0.1) is 0 Å². The number of benzene rings is 1. The Morgan fingerprint density at radius 3 is 2.84 bits per heavy atom. The summed E-state index contributed by atoms with van der Waals surface area (Å²) >= 11 is 0. The van der Waals surface area contributed by atoms with Crippen LogP contribution in [0.25, 0.3) is 0 Å². The summed E-state index contributed by atoms with van der Waals surface area (Å²) in [6.45, 7) is 0.691. The lowest BCUT2D eigenvalue weighted by molar-refractivity contribution is -0.119. The van der Waals surface area contributed by atoms with Gasteiger partial charge in [-0.3, -0.25) is 4.79 Å². The zero-order chi connectivity index (χ0) is 13.2. The van der Waals surface area contributed by atoms with Crippen LogP contribution < -0.4 is 10.6 Å². The number of carbonyl (C=O) groups excluding carboxylic acids is 1. The van der Waals surface area contributed by atoms with E-state index in [-0.39, 0.29) is 5.91 Å². The van der Waals surface area contributed by atoms with Gasteiger partial charge in [-0.05, 0) is 49.8 Å². The van der Waals surface area contributed by atoms with Gasteiger partial charge in [0.05, 0.1) is 0 Å². The van der Waals surface area contributed by atoms with Crippen molar-refractivity contribution in [3.63, 3.8) is 0 Å². The fourth-order valence-corrected chi connectivity index (χ4v) is 3.64. The molecule has 0 aromatic heterocycles. The van der Waals surface area contributed by atoms with E-state index in [9.17, 15) is 4.79 Å². The third-order valence-corrected chi connectivity index (χ3v) is 4.61. The van der Waals surface area contributed by atoms with Gasteiger partial charge in [-0.1, -0.05) is 24.6 Å². The number of nitrogens with two attached hydrogens (primary N) is 1. The van der Waals surface area contributed by atoms with Crippen LogP contribution in [0, 0.1) is 5.92 Å². The predicted molar refractivity (Wildman–Crippen MR) is 77.0 cm³/mol. The first-order valence-electron chi connectivity index (χ1n) is 7.41. The van der Waals surface area contributed by atoms with E-state index in [1.807, 2.05) is 6.07 Å². The lowest BCUT2D eigenvalue weighted by Gasteiger charge is -2.33. The summed E-state index contributed by atoms with van der Waals surface area (Å²) in [5, 5.41) is 0. The van der Waals surface area contributed by atoms with Crippen LogP contribution in [0.3, 0.4) is 0 Å². The number of hydrogen-bond donors (Lipinski definition) is 1. The van der Waals surface area contributed by atoms with Crippen LogP contribution in [0.4, 0.5) is 5.69 Å². The molecule has 1 aromatic carbocycles. The summed E-state index contributed by atoms with van der Waals surface area (Å²) in [6, 6.07) is 8.69. The first-order chi connectivity index (χ1) is 9.31. The molecule has 102 valence electrons. The molecule has 2 atom stereocenters. The quantitative estimate of drug-likeness (QED) is 0.886. The van der Waals surface area contributed by atoms with Gasteiger partial charge in [-0.25, -0.2) is 0 Å². The molecule has 2 aliphatic rings. The van der Waals surface area contributed by atoms with Crippen molar-refractivity contribution in [3.05, 3.63) is 29.8 Å². The van der Waals surface area contributed by atoms with Crippen molar-refractivity contribution in [1.29, 1.82) is 0 Å². The normalized spacial score (nSPS) is 27.2. The summed E-state index contributed by atoms with van der Waals surface area (Å²) in [7, 11) is 0. The minimum absolute atomic E-state index is 0.287. The molecule has 3 nitrogen and oxygen atoms in total. The average Bonchev–Trinajstić information content (AvgIpc) is 2.82. The zero-order valence-corrected chi connectivity index (χ0v) is 11.3. The van der Waals surface area contributed by atoms with Crippen molar-refractivity contribution in [2.45, 2.75) is 44.6 Å². The molecule has 2 N–H and O–H groups in total. The molecule has 19 heavy (non-hydrogen) atoms. The summed E-state index contributed by atoms with van der Waals surface area (Å²) < 4.78 is 0. The van der Waals surface area contributed by atoms with Crippen LogP contribution in [-0.2, 0) is 11.2 Å². The predicted octanol–water partition coefficient (Wildman–Crippen LogP) is 2.48. The largest absolute Gasteiger partial charge is 0.330 e. The van der Waals surface area contributed by atoms with Gasteiger partial charge in [0.15, 0.2) is 0 Å². The molecule has 1 heterocycles. The Morgan fingerprint density at radius 2 is 2.00 bits per heavy atom. The Hall–Kier alpha value is -1.35. The topological polar surface area (TPSA) is 46.3 Å². The molecular weight excluding hydrogens is 236 g/mol. The summed E-state index contributed by atoms with van der Waals surface area (Å²) in [6.07, 6.45) is 6.10. The summed E-state index contributed by atoms with van der Waals surface area (Å²) in [5.41, 5.74) is 8.35. The summed E-state index contributed by atoms with van der Waals surface area (Å²) in [5.74, 6) is 0.755. The minimum atomic E-state index is 0.287. The Kier molecular flexibility index (Phi) is 3.56. The molecular formula is C16H22N2O. The SMILES string of the molecule is NCC1CCCC1N1C(=O)CCCc2ccccc21.